The van der Waals surface area contributed by atoms with E-state index in [2.05, 4.69) is 65.3 Å². The number of anilines is 1. The second kappa shape index (κ2) is 7.91. The first-order valence-corrected chi connectivity index (χ1v) is 9.78. The molecular weight excluding hydrogens is 362 g/mol. The molecule has 4 aromatic rings. The van der Waals surface area contributed by atoms with Crippen LogP contribution in [0.5, 0.6) is 11.8 Å². The Kier molecular flexibility index (Phi) is 5.16. The molecule has 0 saturated carbocycles. The van der Waals surface area contributed by atoms with Gasteiger partial charge in [-0.3, -0.25) is 0 Å². The van der Waals surface area contributed by atoms with Crippen LogP contribution in [-0.4, -0.2) is 19.5 Å². The summed E-state index contributed by atoms with van der Waals surface area (Å²) in [6.07, 6.45) is 1.80. The molecule has 6 nitrogen and oxygen atoms in total. The van der Waals surface area contributed by atoms with Crippen LogP contribution in [0.2, 0.25) is 0 Å². The second-order valence-corrected chi connectivity index (χ2v) is 7.53. The number of ether oxygens (including phenoxy) is 1. The van der Waals surface area contributed by atoms with Crippen LogP contribution in [-0.2, 0) is 6.54 Å². The van der Waals surface area contributed by atoms with E-state index in [1.54, 1.807) is 6.33 Å². The van der Waals surface area contributed by atoms with E-state index in [1.807, 2.05) is 35.8 Å². The second-order valence-electron chi connectivity index (χ2n) is 7.53. The van der Waals surface area contributed by atoms with E-state index in [9.17, 15) is 0 Å². The zero-order chi connectivity index (χ0) is 20.4. The predicted molar refractivity (Wildman–Crippen MR) is 115 cm³/mol. The molecule has 0 atom stereocenters. The van der Waals surface area contributed by atoms with Gasteiger partial charge in [-0.1, -0.05) is 42.0 Å². The third-order valence-electron chi connectivity index (χ3n) is 4.74. The molecule has 0 aliphatic heterocycles. The summed E-state index contributed by atoms with van der Waals surface area (Å²) in [6, 6.07) is 16.8. The lowest BCUT2D eigenvalue weighted by molar-refractivity contribution is 0.443. The maximum Gasteiger partial charge on any atom is 0.326 e. The molecule has 2 aromatic heterocycles. The fourth-order valence-electron chi connectivity index (χ4n) is 3.12. The van der Waals surface area contributed by atoms with Gasteiger partial charge in [0.05, 0.1) is 6.33 Å². The van der Waals surface area contributed by atoms with Crippen LogP contribution in [0.1, 0.15) is 36.6 Å². The lowest BCUT2D eigenvalue weighted by Gasteiger charge is -2.12. The lowest BCUT2D eigenvalue weighted by Crippen LogP contribution is -2.06. The van der Waals surface area contributed by atoms with Crippen LogP contribution in [0, 0.1) is 13.8 Å². The molecule has 6 heteroatoms. The molecule has 0 radical (unpaired) electrons. The van der Waals surface area contributed by atoms with Crippen LogP contribution < -0.4 is 10.1 Å². The number of benzene rings is 2. The van der Waals surface area contributed by atoms with Crippen LogP contribution in [0.4, 0.5) is 5.82 Å². The molecule has 0 spiro atoms. The third kappa shape index (κ3) is 4.21. The molecule has 0 amide bonds. The first kappa shape index (κ1) is 18.9. The number of imidazole rings is 1. The standard InChI is InChI=1S/C23H25N5O/c1-15(2)28-14-25-20-21(24-13-18-10-8-16(3)9-11-18)26-23(27-22(20)28)29-19-7-5-6-17(4)12-19/h5-12,14-15H,13H2,1-4H3,(H,24,26,27). The number of nitrogens with zero attached hydrogens (tertiary/aromatic N) is 4. The van der Waals surface area contributed by atoms with Gasteiger partial charge in [0, 0.05) is 12.6 Å². The quantitative estimate of drug-likeness (QED) is 0.478. The summed E-state index contributed by atoms with van der Waals surface area (Å²) in [7, 11) is 0. The zero-order valence-electron chi connectivity index (χ0n) is 17.2. The lowest BCUT2D eigenvalue weighted by atomic mass is 10.1. The summed E-state index contributed by atoms with van der Waals surface area (Å²) >= 11 is 0. The molecule has 29 heavy (non-hydrogen) atoms. The van der Waals surface area contributed by atoms with E-state index in [1.165, 1.54) is 11.1 Å². The average Bonchev–Trinajstić information content (AvgIpc) is 3.12. The Balaban J connectivity index is 1.70. The van der Waals surface area contributed by atoms with Crippen molar-refractivity contribution < 1.29 is 4.74 Å². The van der Waals surface area contributed by atoms with Gasteiger partial charge in [0.15, 0.2) is 17.0 Å². The van der Waals surface area contributed by atoms with Gasteiger partial charge in [0.1, 0.15) is 5.75 Å². The number of fused-ring (bicyclic) bond motifs is 1. The van der Waals surface area contributed by atoms with Gasteiger partial charge in [-0.25, -0.2) is 4.98 Å². The van der Waals surface area contributed by atoms with E-state index in [4.69, 9.17) is 4.74 Å². The number of rotatable bonds is 6. The van der Waals surface area contributed by atoms with Gasteiger partial charge in [0.25, 0.3) is 0 Å². The Hall–Kier alpha value is -3.41. The molecule has 0 fully saturated rings. The smallest absolute Gasteiger partial charge is 0.326 e. The number of hydrogen-bond acceptors (Lipinski definition) is 5. The highest BCUT2D eigenvalue weighted by atomic mass is 16.5. The van der Waals surface area contributed by atoms with Crippen molar-refractivity contribution in [3.8, 4) is 11.8 Å². The highest BCUT2D eigenvalue weighted by molar-refractivity contribution is 5.83. The highest BCUT2D eigenvalue weighted by Gasteiger charge is 2.16. The van der Waals surface area contributed by atoms with Crippen molar-refractivity contribution in [1.82, 2.24) is 19.5 Å². The van der Waals surface area contributed by atoms with Crippen molar-refractivity contribution >= 4 is 17.0 Å². The summed E-state index contributed by atoms with van der Waals surface area (Å²) in [6.45, 7) is 8.95. The molecule has 2 heterocycles. The molecule has 0 aliphatic rings. The largest absolute Gasteiger partial charge is 0.424 e. The minimum atomic E-state index is 0.228. The van der Waals surface area contributed by atoms with Gasteiger partial charge in [-0.2, -0.15) is 9.97 Å². The third-order valence-corrected chi connectivity index (χ3v) is 4.74. The first-order valence-electron chi connectivity index (χ1n) is 9.78. The summed E-state index contributed by atoms with van der Waals surface area (Å²) in [5.41, 5.74) is 5.02. The van der Waals surface area contributed by atoms with E-state index < -0.39 is 0 Å². The van der Waals surface area contributed by atoms with Crippen LogP contribution >= 0.6 is 0 Å². The van der Waals surface area contributed by atoms with Gasteiger partial charge in [-0.05, 0) is 51.0 Å². The Morgan fingerprint density at radius 1 is 1.00 bits per heavy atom. The molecule has 2 aromatic carbocycles. The van der Waals surface area contributed by atoms with Crippen molar-refractivity contribution in [1.29, 1.82) is 0 Å². The van der Waals surface area contributed by atoms with Gasteiger partial charge >= 0.3 is 6.01 Å². The van der Waals surface area contributed by atoms with Gasteiger partial charge in [0.2, 0.25) is 0 Å². The monoisotopic (exact) mass is 387 g/mol. The Morgan fingerprint density at radius 2 is 1.79 bits per heavy atom. The van der Waals surface area contributed by atoms with E-state index in [0.29, 0.717) is 24.1 Å². The van der Waals surface area contributed by atoms with Crippen LogP contribution in [0.3, 0.4) is 0 Å². The Morgan fingerprint density at radius 3 is 2.52 bits per heavy atom. The minimum absolute atomic E-state index is 0.228. The van der Waals surface area contributed by atoms with Crippen molar-refractivity contribution in [3.05, 3.63) is 71.5 Å². The molecule has 0 unspecified atom stereocenters. The summed E-state index contributed by atoms with van der Waals surface area (Å²) in [5, 5.41) is 3.41. The number of aryl methyl sites for hydroxylation is 2. The maximum atomic E-state index is 5.98. The molecular formula is C23H25N5O. The van der Waals surface area contributed by atoms with E-state index >= 15 is 0 Å². The number of aromatic nitrogens is 4. The summed E-state index contributed by atoms with van der Waals surface area (Å²) in [4.78, 5) is 13.8. The Bertz CT molecular complexity index is 1130. The topological polar surface area (TPSA) is 64.9 Å². The van der Waals surface area contributed by atoms with Crippen molar-refractivity contribution in [2.75, 3.05) is 5.32 Å². The van der Waals surface area contributed by atoms with Gasteiger partial charge in [-0.15, -0.1) is 0 Å². The summed E-state index contributed by atoms with van der Waals surface area (Å²) < 4.78 is 8.00. The highest BCUT2D eigenvalue weighted by Crippen LogP contribution is 2.27. The van der Waals surface area contributed by atoms with Crippen LogP contribution in [0.15, 0.2) is 54.9 Å². The predicted octanol–water partition coefficient (Wildman–Crippen LogP) is 5.43. The van der Waals surface area contributed by atoms with Crippen molar-refractivity contribution in [3.63, 3.8) is 0 Å². The number of nitrogens with one attached hydrogen (secondary N) is 1. The minimum Gasteiger partial charge on any atom is -0.424 e. The molecule has 0 bridgehead atoms. The van der Waals surface area contributed by atoms with Crippen molar-refractivity contribution in [2.24, 2.45) is 0 Å². The van der Waals surface area contributed by atoms with E-state index in [0.717, 1.165) is 16.7 Å². The average molecular weight is 387 g/mol. The zero-order valence-corrected chi connectivity index (χ0v) is 17.2. The van der Waals surface area contributed by atoms with Gasteiger partial charge < -0.3 is 14.6 Å². The fourth-order valence-corrected chi connectivity index (χ4v) is 3.12. The number of hydrogen-bond donors (Lipinski definition) is 1. The molecule has 148 valence electrons. The summed E-state index contributed by atoms with van der Waals surface area (Å²) in [5.74, 6) is 1.38. The molecule has 4 rings (SSSR count). The first-order chi connectivity index (χ1) is 14.0. The fraction of sp³-hybridized carbons (Fsp3) is 0.261. The van der Waals surface area contributed by atoms with Crippen LogP contribution in [0.25, 0.3) is 11.2 Å². The normalized spacial score (nSPS) is 11.2. The van der Waals surface area contributed by atoms with Crippen molar-refractivity contribution in [2.45, 2.75) is 40.3 Å². The van der Waals surface area contributed by atoms with E-state index in [-0.39, 0.29) is 6.04 Å². The molecule has 0 saturated heterocycles. The molecule has 1 N–H and O–H groups in total. The maximum absolute atomic E-state index is 5.98. The Labute approximate surface area is 170 Å². The molecule has 0 aliphatic carbocycles. The SMILES string of the molecule is Cc1ccc(CNc2nc(Oc3cccc(C)c3)nc3c2ncn3C(C)C)cc1.